The Morgan fingerprint density at radius 1 is 1.00 bits per heavy atom. The lowest BCUT2D eigenvalue weighted by molar-refractivity contribution is -0.140. The number of nitrogens with zero attached hydrogens (tertiary/aromatic N) is 1. The maximum Gasteiger partial charge on any atom is 0.242 e. The number of benzene rings is 2. The van der Waals surface area contributed by atoms with Crippen LogP contribution in [0.25, 0.3) is 0 Å². The molecule has 2 amide bonds. The fraction of sp³-hybridized carbons (Fsp3) is 0.391. The summed E-state index contributed by atoms with van der Waals surface area (Å²) in [5.74, 6) is -0.605. The van der Waals surface area contributed by atoms with Crippen LogP contribution in [0.2, 0.25) is 0 Å². The minimum atomic E-state index is -0.537. The number of carbonyl (C=O) groups is 2. The first-order valence-electron chi connectivity index (χ1n) is 9.90. The van der Waals surface area contributed by atoms with Gasteiger partial charge in [-0.3, -0.25) is 9.59 Å². The van der Waals surface area contributed by atoms with E-state index in [4.69, 9.17) is 0 Å². The van der Waals surface area contributed by atoms with Crippen LogP contribution in [0.1, 0.15) is 44.2 Å². The van der Waals surface area contributed by atoms with Gasteiger partial charge in [-0.05, 0) is 36.1 Å². The zero-order valence-corrected chi connectivity index (χ0v) is 16.7. The van der Waals surface area contributed by atoms with Crippen LogP contribution in [-0.4, -0.2) is 29.3 Å². The van der Waals surface area contributed by atoms with Gasteiger partial charge in [-0.15, -0.1) is 0 Å². The van der Waals surface area contributed by atoms with Crippen molar-refractivity contribution in [2.75, 3.05) is 6.54 Å². The van der Waals surface area contributed by atoms with E-state index in [1.165, 1.54) is 12.1 Å². The minimum Gasteiger partial charge on any atom is -0.354 e. The summed E-state index contributed by atoms with van der Waals surface area (Å²) in [5, 5.41) is 2.94. The van der Waals surface area contributed by atoms with Gasteiger partial charge < -0.3 is 10.2 Å². The molecule has 0 saturated heterocycles. The molecular formula is C23H29FN2O2. The van der Waals surface area contributed by atoms with Crippen LogP contribution in [0.3, 0.4) is 0 Å². The predicted molar refractivity (Wildman–Crippen MR) is 109 cm³/mol. The Hall–Kier alpha value is -2.69. The fourth-order valence-electron chi connectivity index (χ4n) is 3.08. The first-order chi connectivity index (χ1) is 13.5. The van der Waals surface area contributed by atoms with E-state index >= 15 is 0 Å². The van der Waals surface area contributed by atoms with E-state index in [2.05, 4.69) is 12.2 Å². The molecule has 4 nitrogen and oxygen atoms in total. The average molecular weight is 384 g/mol. The number of rotatable bonds is 10. The Labute approximate surface area is 166 Å². The highest BCUT2D eigenvalue weighted by Crippen LogP contribution is 2.15. The van der Waals surface area contributed by atoms with Gasteiger partial charge in [-0.1, -0.05) is 62.7 Å². The summed E-state index contributed by atoms with van der Waals surface area (Å²) in [7, 11) is 0. The van der Waals surface area contributed by atoms with Gasteiger partial charge in [0.25, 0.3) is 0 Å². The predicted octanol–water partition coefficient (Wildman–Crippen LogP) is 4.09. The highest BCUT2D eigenvalue weighted by atomic mass is 19.1. The molecule has 0 unspecified atom stereocenters. The number of halogens is 1. The molecule has 28 heavy (non-hydrogen) atoms. The van der Waals surface area contributed by atoms with E-state index in [0.29, 0.717) is 19.5 Å². The molecule has 0 aliphatic carbocycles. The van der Waals surface area contributed by atoms with Crippen LogP contribution < -0.4 is 5.32 Å². The molecule has 0 heterocycles. The zero-order chi connectivity index (χ0) is 20.4. The SMILES string of the molecule is CCCCNC(=O)[C@H](CC)N(Cc1ccccc1)C(=O)Cc1ccc(F)cc1. The molecule has 0 saturated carbocycles. The third-order valence-electron chi connectivity index (χ3n) is 4.68. The summed E-state index contributed by atoms with van der Waals surface area (Å²) in [5.41, 5.74) is 1.69. The molecule has 5 heteroatoms. The Balaban J connectivity index is 2.19. The monoisotopic (exact) mass is 384 g/mol. The molecule has 0 aromatic heterocycles. The zero-order valence-electron chi connectivity index (χ0n) is 16.7. The third kappa shape index (κ3) is 6.48. The molecule has 0 bridgehead atoms. The van der Waals surface area contributed by atoms with E-state index in [0.717, 1.165) is 24.0 Å². The highest BCUT2D eigenvalue weighted by Gasteiger charge is 2.28. The first-order valence-corrected chi connectivity index (χ1v) is 9.90. The molecule has 2 rings (SSSR count). The minimum absolute atomic E-state index is 0.126. The summed E-state index contributed by atoms with van der Waals surface area (Å²) >= 11 is 0. The van der Waals surface area contributed by atoms with Gasteiger partial charge in [0.2, 0.25) is 11.8 Å². The van der Waals surface area contributed by atoms with E-state index in [-0.39, 0.29) is 24.1 Å². The summed E-state index contributed by atoms with van der Waals surface area (Å²) < 4.78 is 13.2. The van der Waals surface area contributed by atoms with E-state index in [9.17, 15) is 14.0 Å². The summed E-state index contributed by atoms with van der Waals surface area (Å²) in [6.07, 6.45) is 2.56. The van der Waals surface area contributed by atoms with E-state index < -0.39 is 6.04 Å². The molecular weight excluding hydrogens is 355 g/mol. The maximum absolute atomic E-state index is 13.2. The van der Waals surface area contributed by atoms with Crippen molar-refractivity contribution >= 4 is 11.8 Å². The Kier molecular flexibility index (Phi) is 8.66. The smallest absolute Gasteiger partial charge is 0.242 e. The normalized spacial score (nSPS) is 11.7. The summed E-state index contributed by atoms with van der Waals surface area (Å²) in [6, 6.07) is 15.0. The Morgan fingerprint density at radius 2 is 1.68 bits per heavy atom. The second kappa shape index (κ2) is 11.2. The van der Waals surface area contributed by atoms with Crippen LogP contribution in [0, 0.1) is 5.82 Å². The van der Waals surface area contributed by atoms with Crippen molar-refractivity contribution in [1.82, 2.24) is 10.2 Å². The van der Waals surface area contributed by atoms with E-state index in [1.54, 1.807) is 17.0 Å². The topological polar surface area (TPSA) is 49.4 Å². The molecule has 150 valence electrons. The maximum atomic E-state index is 13.2. The molecule has 0 aliphatic heterocycles. The van der Waals surface area contributed by atoms with Crippen LogP contribution >= 0.6 is 0 Å². The van der Waals surface area contributed by atoms with Gasteiger partial charge in [0.15, 0.2) is 0 Å². The molecule has 2 aromatic carbocycles. The number of hydrogen-bond donors (Lipinski definition) is 1. The van der Waals surface area contributed by atoms with Crippen molar-refractivity contribution in [3.05, 3.63) is 71.5 Å². The quantitative estimate of drug-likeness (QED) is 0.627. The van der Waals surface area contributed by atoms with Gasteiger partial charge in [0, 0.05) is 13.1 Å². The van der Waals surface area contributed by atoms with Gasteiger partial charge >= 0.3 is 0 Å². The van der Waals surface area contributed by atoms with Crippen molar-refractivity contribution in [1.29, 1.82) is 0 Å². The first kappa shape index (κ1) is 21.6. The number of hydrogen-bond acceptors (Lipinski definition) is 2. The lowest BCUT2D eigenvalue weighted by atomic mass is 10.1. The highest BCUT2D eigenvalue weighted by molar-refractivity contribution is 5.88. The van der Waals surface area contributed by atoms with Crippen LogP contribution in [-0.2, 0) is 22.6 Å². The average Bonchev–Trinajstić information content (AvgIpc) is 2.70. The number of carbonyl (C=O) groups excluding carboxylic acids is 2. The van der Waals surface area contributed by atoms with Crippen molar-refractivity contribution in [2.24, 2.45) is 0 Å². The molecule has 0 radical (unpaired) electrons. The number of unbranched alkanes of at least 4 members (excludes halogenated alkanes) is 1. The van der Waals surface area contributed by atoms with E-state index in [1.807, 2.05) is 37.3 Å². The molecule has 2 aromatic rings. The lowest BCUT2D eigenvalue weighted by Gasteiger charge is -2.30. The second-order valence-corrected chi connectivity index (χ2v) is 6.88. The van der Waals surface area contributed by atoms with Crippen molar-refractivity contribution < 1.29 is 14.0 Å². The van der Waals surface area contributed by atoms with Crippen molar-refractivity contribution in [3.63, 3.8) is 0 Å². The Bertz CT molecular complexity index is 747. The molecule has 0 aliphatic rings. The number of nitrogens with one attached hydrogen (secondary N) is 1. The number of amides is 2. The molecule has 0 spiro atoms. The van der Waals surface area contributed by atoms with Gasteiger partial charge in [0.05, 0.1) is 6.42 Å². The summed E-state index contributed by atoms with van der Waals surface area (Å²) in [4.78, 5) is 27.5. The fourth-order valence-corrected chi connectivity index (χ4v) is 3.08. The van der Waals surface area contributed by atoms with Crippen molar-refractivity contribution in [2.45, 2.75) is 52.1 Å². The second-order valence-electron chi connectivity index (χ2n) is 6.88. The Morgan fingerprint density at radius 3 is 2.29 bits per heavy atom. The van der Waals surface area contributed by atoms with Crippen LogP contribution in [0.15, 0.2) is 54.6 Å². The van der Waals surface area contributed by atoms with Crippen molar-refractivity contribution in [3.8, 4) is 0 Å². The van der Waals surface area contributed by atoms with Gasteiger partial charge in [-0.25, -0.2) is 4.39 Å². The lowest BCUT2D eigenvalue weighted by Crippen LogP contribution is -2.49. The molecule has 1 N–H and O–H groups in total. The summed E-state index contributed by atoms with van der Waals surface area (Å²) in [6.45, 7) is 4.95. The third-order valence-corrected chi connectivity index (χ3v) is 4.68. The van der Waals surface area contributed by atoms with Crippen LogP contribution in [0.5, 0.6) is 0 Å². The van der Waals surface area contributed by atoms with Crippen LogP contribution in [0.4, 0.5) is 4.39 Å². The largest absolute Gasteiger partial charge is 0.354 e. The van der Waals surface area contributed by atoms with Gasteiger partial charge in [-0.2, -0.15) is 0 Å². The van der Waals surface area contributed by atoms with Gasteiger partial charge in [0.1, 0.15) is 11.9 Å². The standard InChI is InChI=1S/C23H29FN2O2/c1-3-5-15-25-23(28)21(4-2)26(17-19-9-7-6-8-10-19)22(27)16-18-11-13-20(24)14-12-18/h6-14,21H,3-5,15-17H2,1-2H3,(H,25,28)/t21-/m0/s1. The molecule has 0 fully saturated rings. The molecule has 1 atom stereocenters.